The fourth-order valence-electron chi connectivity index (χ4n) is 4.65. The van der Waals surface area contributed by atoms with Gasteiger partial charge < -0.3 is 14.6 Å². The maximum absolute atomic E-state index is 11.5. The molecule has 1 aromatic heterocycles. The summed E-state index contributed by atoms with van der Waals surface area (Å²) >= 11 is 0. The van der Waals surface area contributed by atoms with Crippen molar-refractivity contribution in [3.63, 3.8) is 0 Å². The number of piperazine rings is 1. The lowest BCUT2D eigenvalue weighted by Gasteiger charge is -2.36. The number of aromatic nitrogens is 2. The van der Waals surface area contributed by atoms with Crippen LogP contribution < -0.4 is 4.90 Å². The standard InChI is InChI=1S/C27H28N4O2/c1-20-6-4-9-23(16-20)30-14-12-29(13-15-30)18-21-7-5-8-22(17-21)27-28-24-10-2-3-11-25(24)31(27)19-26(32)33/h2-11,16-17H,12-15,18-19H2,1H3,(H,32,33). The Labute approximate surface area is 193 Å². The average Bonchev–Trinajstić information content (AvgIpc) is 3.18. The highest BCUT2D eigenvalue weighted by Crippen LogP contribution is 2.26. The third-order valence-corrected chi connectivity index (χ3v) is 6.28. The van der Waals surface area contributed by atoms with E-state index in [1.54, 1.807) is 4.57 Å². The molecule has 0 atom stereocenters. The summed E-state index contributed by atoms with van der Waals surface area (Å²) in [7, 11) is 0. The van der Waals surface area contributed by atoms with Gasteiger partial charge in [-0.15, -0.1) is 0 Å². The van der Waals surface area contributed by atoms with Crippen LogP contribution >= 0.6 is 0 Å². The minimum absolute atomic E-state index is 0.110. The van der Waals surface area contributed by atoms with Crippen molar-refractivity contribution in [2.75, 3.05) is 31.1 Å². The van der Waals surface area contributed by atoms with E-state index in [0.29, 0.717) is 5.82 Å². The van der Waals surface area contributed by atoms with Gasteiger partial charge in [-0.2, -0.15) is 0 Å². The van der Waals surface area contributed by atoms with Crippen molar-refractivity contribution in [3.8, 4) is 11.4 Å². The van der Waals surface area contributed by atoms with Crippen LogP contribution in [0.3, 0.4) is 0 Å². The molecule has 33 heavy (non-hydrogen) atoms. The number of rotatable bonds is 6. The van der Waals surface area contributed by atoms with Crippen LogP contribution in [-0.4, -0.2) is 51.7 Å². The summed E-state index contributed by atoms with van der Waals surface area (Å²) in [6.45, 7) is 6.94. The second-order valence-corrected chi connectivity index (χ2v) is 8.71. The van der Waals surface area contributed by atoms with Gasteiger partial charge in [0.15, 0.2) is 0 Å². The molecule has 1 N–H and O–H groups in total. The number of nitrogens with zero attached hydrogens (tertiary/aromatic N) is 4. The van der Waals surface area contributed by atoms with Gasteiger partial charge in [0.05, 0.1) is 11.0 Å². The van der Waals surface area contributed by atoms with E-state index < -0.39 is 5.97 Å². The van der Waals surface area contributed by atoms with E-state index in [1.165, 1.54) is 16.8 Å². The van der Waals surface area contributed by atoms with Gasteiger partial charge in [-0.25, -0.2) is 4.98 Å². The molecular formula is C27H28N4O2. The number of aryl methyl sites for hydroxylation is 1. The molecule has 1 aliphatic rings. The molecule has 6 nitrogen and oxygen atoms in total. The lowest BCUT2D eigenvalue weighted by molar-refractivity contribution is -0.137. The van der Waals surface area contributed by atoms with Crippen molar-refractivity contribution >= 4 is 22.7 Å². The number of carbonyl (C=O) groups is 1. The summed E-state index contributed by atoms with van der Waals surface area (Å²) in [5.74, 6) is -0.174. The van der Waals surface area contributed by atoms with Crippen LogP contribution in [0.25, 0.3) is 22.4 Å². The maximum Gasteiger partial charge on any atom is 0.323 e. The molecule has 1 saturated heterocycles. The van der Waals surface area contributed by atoms with Crippen LogP contribution in [0.2, 0.25) is 0 Å². The van der Waals surface area contributed by atoms with Crippen molar-refractivity contribution in [3.05, 3.63) is 83.9 Å². The Kier molecular flexibility index (Phi) is 5.84. The highest BCUT2D eigenvalue weighted by atomic mass is 16.4. The van der Waals surface area contributed by atoms with Gasteiger partial charge in [0.25, 0.3) is 0 Å². The fourth-order valence-corrected chi connectivity index (χ4v) is 4.65. The smallest absolute Gasteiger partial charge is 0.323 e. The van der Waals surface area contributed by atoms with Crippen molar-refractivity contribution in [2.45, 2.75) is 20.0 Å². The number of carboxylic acids is 1. The summed E-state index contributed by atoms with van der Waals surface area (Å²) in [5, 5.41) is 9.45. The predicted molar refractivity (Wildman–Crippen MR) is 131 cm³/mol. The first kappa shape index (κ1) is 21.2. The second-order valence-electron chi connectivity index (χ2n) is 8.71. The van der Waals surface area contributed by atoms with Crippen LogP contribution in [-0.2, 0) is 17.9 Å². The highest BCUT2D eigenvalue weighted by molar-refractivity contribution is 5.82. The van der Waals surface area contributed by atoms with Crippen molar-refractivity contribution in [2.24, 2.45) is 0 Å². The van der Waals surface area contributed by atoms with Crippen LogP contribution in [0, 0.1) is 6.92 Å². The van der Waals surface area contributed by atoms with E-state index >= 15 is 0 Å². The van der Waals surface area contributed by atoms with Gasteiger partial charge in [-0.05, 0) is 48.4 Å². The Morgan fingerprint density at radius 1 is 0.939 bits per heavy atom. The van der Waals surface area contributed by atoms with Gasteiger partial charge in [0.1, 0.15) is 12.4 Å². The molecule has 0 bridgehead atoms. The third-order valence-electron chi connectivity index (χ3n) is 6.28. The molecule has 6 heteroatoms. The molecule has 0 unspecified atom stereocenters. The quantitative estimate of drug-likeness (QED) is 0.481. The van der Waals surface area contributed by atoms with Crippen molar-refractivity contribution in [1.82, 2.24) is 14.5 Å². The lowest BCUT2D eigenvalue weighted by Crippen LogP contribution is -2.45. The van der Waals surface area contributed by atoms with Crippen LogP contribution in [0.4, 0.5) is 5.69 Å². The third kappa shape index (κ3) is 4.61. The largest absolute Gasteiger partial charge is 0.480 e. The summed E-state index contributed by atoms with van der Waals surface area (Å²) in [6, 6.07) is 24.7. The zero-order valence-electron chi connectivity index (χ0n) is 18.8. The SMILES string of the molecule is Cc1cccc(N2CCN(Cc3cccc(-c4nc5ccccc5n4CC(=O)O)c3)CC2)c1. The molecule has 0 amide bonds. The Morgan fingerprint density at radius 2 is 1.73 bits per heavy atom. The van der Waals surface area contributed by atoms with E-state index in [1.807, 2.05) is 36.4 Å². The number of hydrogen-bond donors (Lipinski definition) is 1. The van der Waals surface area contributed by atoms with E-state index in [9.17, 15) is 9.90 Å². The Balaban J connectivity index is 1.33. The molecule has 4 aromatic rings. The zero-order chi connectivity index (χ0) is 22.8. The Morgan fingerprint density at radius 3 is 2.52 bits per heavy atom. The van der Waals surface area contributed by atoms with Crippen LogP contribution in [0.5, 0.6) is 0 Å². The summed E-state index contributed by atoms with van der Waals surface area (Å²) in [4.78, 5) is 21.2. The summed E-state index contributed by atoms with van der Waals surface area (Å²) < 4.78 is 1.79. The van der Waals surface area contributed by atoms with Gasteiger partial charge in [0, 0.05) is 44.0 Å². The summed E-state index contributed by atoms with van der Waals surface area (Å²) in [5.41, 5.74) is 6.41. The number of fused-ring (bicyclic) bond motifs is 1. The second kappa shape index (κ2) is 9.08. The minimum atomic E-state index is -0.873. The van der Waals surface area contributed by atoms with E-state index in [0.717, 1.165) is 49.3 Å². The van der Waals surface area contributed by atoms with Crippen LogP contribution in [0.1, 0.15) is 11.1 Å². The number of carboxylic acid groups (broad SMARTS) is 1. The monoisotopic (exact) mass is 440 g/mol. The number of aliphatic carboxylic acids is 1. The van der Waals surface area contributed by atoms with Crippen molar-refractivity contribution in [1.29, 1.82) is 0 Å². The molecular weight excluding hydrogens is 412 g/mol. The highest BCUT2D eigenvalue weighted by Gasteiger charge is 2.19. The maximum atomic E-state index is 11.5. The number of para-hydroxylation sites is 2. The molecule has 3 aromatic carbocycles. The molecule has 2 heterocycles. The van der Waals surface area contributed by atoms with Gasteiger partial charge in [-0.1, -0.05) is 42.5 Å². The number of imidazole rings is 1. The normalized spacial score (nSPS) is 14.6. The summed E-state index contributed by atoms with van der Waals surface area (Å²) in [6.07, 6.45) is 0. The first-order valence-electron chi connectivity index (χ1n) is 11.4. The fraction of sp³-hybridized carbons (Fsp3) is 0.259. The molecule has 5 rings (SSSR count). The molecule has 0 spiro atoms. The molecule has 1 aliphatic heterocycles. The Hall–Kier alpha value is -3.64. The number of benzene rings is 3. The predicted octanol–water partition coefficient (Wildman–Crippen LogP) is 4.42. The van der Waals surface area contributed by atoms with Gasteiger partial charge in [0.2, 0.25) is 0 Å². The topological polar surface area (TPSA) is 61.6 Å². The molecule has 0 aliphatic carbocycles. The van der Waals surface area contributed by atoms with Gasteiger partial charge in [-0.3, -0.25) is 9.69 Å². The first-order chi connectivity index (χ1) is 16.1. The lowest BCUT2D eigenvalue weighted by atomic mass is 10.1. The van der Waals surface area contributed by atoms with E-state index in [2.05, 4.69) is 53.1 Å². The van der Waals surface area contributed by atoms with E-state index in [-0.39, 0.29) is 6.54 Å². The van der Waals surface area contributed by atoms with Gasteiger partial charge >= 0.3 is 5.97 Å². The molecule has 1 fully saturated rings. The van der Waals surface area contributed by atoms with Crippen molar-refractivity contribution < 1.29 is 9.90 Å². The molecule has 0 radical (unpaired) electrons. The molecule has 0 saturated carbocycles. The first-order valence-corrected chi connectivity index (χ1v) is 11.4. The zero-order valence-corrected chi connectivity index (χ0v) is 18.8. The number of hydrogen-bond acceptors (Lipinski definition) is 4. The minimum Gasteiger partial charge on any atom is -0.480 e. The number of anilines is 1. The average molecular weight is 441 g/mol. The Bertz CT molecular complexity index is 1290. The van der Waals surface area contributed by atoms with Crippen LogP contribution in [0.15, 0.2) is 72.8 Å². The van der Waals surface area contributed by atoms with E-state index in [4.69, 9.17) is 4.98 Å². The molecule has 168 valence electrons.